The van der Waals surface area contributed by atoms with E-state index in [-0.39, 0.29) is 12.5 Å². The molecule has 0 saturated heterocycles. The van der Waals surface area contributed by atoms with Gasteiger partial charge in [0.05, 0.1) is 24.3 Å². The van der Waals surface area contributed by atoms with Crippen LogP contribution in [-0.2, 0) is 17.9 Å². The summed E-state index contributed by atoms with van der Waals surface area (Å²) in [7, 11) is 0. The molecule has 0 spiro atoms. The quantitative estimate of drug-likeness (QED) is 0.884. The highest BCUT2D eigenvalue weighted by molar-refractivity contribution is 5.96. The van der Waals surface area contributed by atoms with Gasteiger partial charge in [0.15, 0.2) is 6.61 Å². The molecule has 0 aliphatic carbocycles. The Bertz CT molecular complexity index is 651. The Kier molecular flexibility index (Phi) is 3.77. The van der Waals surface area contributed by atoms with Crippen LogP contribution >= 0.6 is 0 Å². The number of carbonyl (C=O) groups excluding carboxylic acids is 1. The maximum Gasteiger partial charge on any atom is 0.262 e. The number of aryl methyl sites for hydroxylation is 1. The third kappa shape index (κ3) is 2.99. The summed E-state index contributed by atoms with van der Waals surface area (Å²) in [6.45, 7) is 3.87. The fourth-order valence-corrected chi connectivity index (χ4v) is 2.32. The average Bonchev–Trinajstić information content (AvgIpc) is 2.92. The second-order valence-corrected chi connectivity index (χ2v) is 4.98. The zero-order valence-electron chi connectivity index (χ0n) is 11.9. The number of fused-ring (bicyclic) bond motifs is 1. The van der Waals surface area contributed by atoms with E-state index in [9.17, 15) is 4.79 Å². The first-order valence-electron chi connectivity index (χ1n) is 7.06. The molecule has 0 atom stereocenters. The van der Waals surface area contributed by atoms with E-state index in [1.54, 1.807) is 0 Å². The molecule has 21 heavy (non-hydrogen) atoms. The third-order valence-electron chi connectivity index (χ3n) is 3.35. The first kappa shape index (κ1) is 13.5. The predicted molar refractivity (Wildman–Crippen MR) is 80.4 cm³/mol. The average molecular weight is 286 g/mol. The molecule has 2 aromatic rings. The van der Waals surface area contributed by atoms with Crippen molar-refractivity contribution < 1.29 is 9.53 Å². The number of rotatable bonds is 5. The fraction of sp³-hybridized carbons (Fsp3) is 0.333. The molecule has 6 heteroatoms. The van der Waals surface area contributed by atoms with Gasteiger partial charge in [-0.15, -0.1) is 0 Å². The number of aromatic nitrogens is 2. The molecule has 0 saturated carbocycles. The Morgan fingerprint density at radius 1 is 1.48 bits per heavy atom. The van der Waals surface area contributed by atoms with E-state index in [1.807, 2.05) is 30.7 Å². The van der Waals surface area contributed by atoms with Gasteiger partial charge in [0.1, 0.15) is 5.75 Å². The zero-order valence-corrected chi connectivity index (χ0v) is 11.9. The largest absolute Gasteiger partial charge is 0.482 e. The second-order valence-electron chi connectivity index (χ2n) is 4.98. The molecule has 1 aromatic carbocycles. The Labute approximate surface area is 123 Å². The summed E-state index contributed by atoms with van der Waals surface area (Å²) in [6.07, 6.45) is 4.79. The van der Waals surface area contributed by atoms with Gasteiger partial charge in [-0.3, -0.25) is 4.79 Å². The molecule has 1 aliphatic heterocycles. The summed E-state index contributed by atoms with van der Waals surface area (Å²) < 4.78 is 7.47. The number of anilines is 2. The molecule has 2 N–H and O–H groups in total. The number of nitrogens with one attached hydrogen (secondary N) is 2. The highest BCUT2D eigenvalue weighted by Gasteiger charge is 2.15. The first-order chi connectivity index (χ1) is 10.3. The van der Waals surface area contributed by atoms with Gasteiger partial charge in [-0.25, -0.2) is 4.98 Å². The van der Waals surface area contributed by atoms with Crippen molar-refractivity contribution in [2.75, 3.05) is 17.2 Å². The lowest BCUT2D eigenvalue weighted by molar-refractivity contribution is -0.118. The Morgan fingerprint density at radius 3 is 3.24 bits per heavy atom. The van der Waals surface area contributed by atoms with Crippen molar-refractivity contribution in [3.8, 4) is 5.75 Å². The molecule has 0 bridgehead atoms. The number of hydrogen-bond acceptors (Lipinski definition) is 4. The molecule has 1 amide bonds. The molecule has 6 nitrogen and oxygen atoms in total. The van der Waals surface area contributed by atoms with Gasteiger partial charge < -0.3 is 19.9 Å². The lowest BCUT2D eigenvalue weighted by atomic mass is 10.2. The van der Waals surface area contributed by atoms with Crippen LogP contribution in [-0.4, -0.2) is 22.1 Å². The molecule has 0 fully saturated rings. The van der Waals surface area contributed by atoms with Crippen molar-refractivity contribution in [3.63, 3.8) is 0 Å². The van der Waals surface area contributed by atoms with Crippen LogP contribution in [0.25, 0.3) is 0 Å². The van der Waals surface area contributed by atoms with Crippen molar-refractivity contribution in [3.05, 3.63) is 36.4 Å². The van der Waals surface area contributed by atoms with E-state index >= 15 is 0 Å². The molecular weight excluding hydrogens is 268 g/mol. The van der Waals surface area contributed by atoms with Crippen molar-refractivity contribution in [2.45, 2.75) is 26.4 Å². The number of amides is 1. The van der Waals surface area contributed by atoms with E-state index in [1.165, 1.54) is 0 Å². The SMILES string of the molecule is CCCn1cncc1CNc1ccc2c(c1)NC(=O)CO2. The molecule has 3 rings (SSSR count). The van der Waals surface area contributed by atoms with Gasteiger partial charge in [0.2, 0.25) is 0 Å². The van der Waals surface area contributed by atoms with Crippen molar-refractivity contribution in [1.82, 2.24) is 9.55 Å². The van der Waals surface area contributed by atoms with Crippen molar-refractivity contribution >= 4 is 17.3 Å². The predicted octanol–water partition coefficient (Wildman–Crippen LogP) is 2.24. The fourth-order valence-electron chi connectivity index (χ4n) is 2.32. The van der Waals surface area contributed by atoms with Crippen LogP contribution in [0, 0.1) is 0 Å². The van der Waals surface area contributed by atoms with E-state index < -0.39 is 0 Å². The van der Waals surface area contributed by atoms with Crippen LogP contribution in [0.3, 0.4) is 0 Å². The Hall–Kier alpha value is -2.50. The lowest BCUT2D eigenvalue weighted by Gasteiger charge is -2.19. The Balaban J connectivity index is 1.69. The lowest BCUT2D eigenvalue weighted by Crippen LogP contribution is -2.25. The van der Waals surface area contributed by atoms with Gasteiger partial charge in [-0.05, 0) is 24.6 Å². The minimum Gasteiger partial charge on any atom is -0.482 e. The molecule has 2 heterocycles. The smallest absolute Gasteiger partial charge is 0.262 e. The van der Waals surface area contributed by atoms with E-state index in [0.29, 0.717) is 18.0 Å². The Morgan fingerprint density at radius 2 is 2.38 bits per heavy atom. The minimum atomic E-state index is -0.124. The van der Waals surface area contributed by atoms with E-state index in [4.69, 9.17) is 4.74 Å². The summed E-state index contributed by atoms with van der Waals surface area (Å²) in [5, 5.41) is 6.15. The summed E-state index contributed by atoms with van der Waals surface area (Å²) >= 11 is 0. The number of benzene rings is 1. The standard InChI is InChI=1S/C15H18N4O2/c1-2-5-19-10-16-7-12(19)8-17-11-3-4-14-13(6-11)18-15(20)9-21-14/h3-4,6-7,10,17H,2,5,8-9H2,1H3,(H,18,20). The normalized spacial score (nSPS) is 13.3. The van der Waals surface area contributed by atoms with Crippen LogP contribution in [0.1, 0.15) is 19.0 Å². The van der Waals surface area contributed by atoms with Gasteiger partial charge >= 0.3 is 0 Å². The number of carbonyl (C=O) groups is 1. The highest BCUT2D eigenvalue weighted by atomic mass is 16.5. The van der Waals surface area contributed by atoms with E-state index in [2.05, 4.69) is 27.1 Å². The van der Waals surface area contributed by atoms with Crippen LogP contribution in [0.5, 0.6) is 5.75 Å². The summed E-state index contributed by atoms with van der Waals surface area (Å²) in [4.78, 5) is 15.5. The van der Waals surface area contributed by atoms with Gasteiger partial charge in [0.25, 0.3) is 5.91 Å². The van der Waals surface area contributed by atoms with Crippen LogP contribution in [0.4, 0.5) is 11.4 Å². The van der Waals surface area contributed by atoms with Gasteiger partial charge in [-0.2, -0.15) is 0 Å². The first-order valence-corrected chi connectivity index (χ1v) is 7.06. The number of hydrogen-bond donors (Lipinski definition) is 2. The molecule has 1 aromatic heterocycles. The van der Waals surface area contributed by atoms with Crippen LogP contribution in [0.2, 0.25) is 0 Å². The van der Waals surface area contributed by atoms with Crippen LogP contribution in [0.15, 0.2) is 30.7 Å². The summed E-state index contributed by atoms with van der Waals surface area (Å²) in [5.74, 6) is 0.580. The molecular formula is C15H18N4O2. The number of nitrogens with zero attached hydrogens (tertiary/aromatic N) is 2. The van der Waals surface area contributed by atoms with E-state index in [0.717, 1.165) is 24.3 Å². The van der Waals surface area contributed by atoms with Gasteiger partial charge in [-0.1, -0.05) is 6.92 Å². The highest BCUT2D eigenvalue weighted by Crippen LogP contribution is 2.30. The maximum atomic E-state index is 11.3. The van der Waals surface area contributed by atoms with Gasteiger partial charge in [0, 0.05) is 18.4 Å². The molecule has 0 radical (unpaired) electrons. The summed E-state index contributed by atoms with van der Waals surface area (Å²) in [6, 6.07) is 5.68. The molecule has 110 valence electrons. The topological polar surface area (TPSA) is 68.2 Å². The maximum absolute atomic E-state index is 11.3. The molecule has 1 aliphatic rings. The molecule has 0 unspecified atom stereocenters. The third-order valence-corrected chi connectivity index (χ3v) is 3.35. The monoisotopic (exact) mass is 286 g/mol. The van der Waals surface area contributed by atoms with Crippen molar-refractivity contribution in [1.29, 1.82) is 0 Å². The minimum absolute atomic E-state index is 0.0793. The van der Waals surface area contributed by atoms with Crippen LogP contribution < -0.4 is 15.4 Å². The zero-order chi connectivity index (χ0) is 14.7. The second kappa shape index (κ2) is 5.87. The summed E-state index contributed by atoms with van der Waals surface area (Å²) in [5.41, 5.74) is 2.77. The van der Waals surface area contributed by atoms with Crippen molar-refractivity contribution in [2.24, 2.45) is 0 Å². The number of ether oxygens (including phenoxy) is 1. The number of imidazole rings is 1.